The van der Waals surface area contributed by atoms with Crippen LogP contribution in [0.4, 0.5) is 0 Å². The van der Waals surface area contributed by atoms with Crippen molar-refractivity contribution in [1.29, 1.82) is 0 Å². The summed E-state index contributed by atoms with van der Waals surface area (Å²) in [5.41, 5.74) is 0.606. The fourth-order valence-electron chi connectivity index (χ4n) is 3.20. The van der Waals surface area contributed by atoms with Gasteiger partial charge in [0.2, 0.25) is 0 Å². The van der Waals surface area contributed by atoms with Gasteiger partial charge in [0.25, 0.3) is 0 Å². The third-order valence-electron chi connectivity index (χ3n) is 5.07. The Hall–Kier alpha value is -0.0400. The maximum Gasteiger partial charge on any atom is -0.00519 e. The van der Waals surface area contributed by atoms with Crippen molar-refractivity contribution < 1.29 is 0 Å². The van der Waals surface area contributed by atoms with Crippen LogP contribution in [0.15, 0.2) is 0 Å². The van der Waals surface area contributed by atoms with Crippen LogP contribution in [0.25, 0.3) is 0 Å². The van der Waals surface area contributed by atoms with E-state index in [0.29, 0.717) is 5.41 Å². The van der Waals surface area contributed by atoms with Crippen LogP contribution in [0.1, 0.15) is 98.3 Å². The largest absolute Gasteiger partial charge is 0.320 e. The summed E-state index contributed by atoms with van der Waals surface area (Å²) in [5.74, 6) is 0.933. The molecule has 0 saturated heterocycles. The average molecular weight is 284 g/mol. The highest BCUT2D eigenvalue weighted by Crippen LogP contribution is 2.35. The van der Waals surface area contributed by atoms with Gasteiger partial charge >= 0.3 is 0 Å². The van der Waals surface area contributed by atoms with Gasteiger partial charge in [-0.05, 0) is 44.2 Å². The maximum atomic E-state index is 3.23. The molecule has 0 aromatic carbocycles. The van der Waals surface area contributed by atoms with Crippen LogP contribution in [-0.4, -0.2) is 13.6 Å². The van der Waals surface area contributed by atoms with Crippen LogP contribution in [0.2, 0.25) is 0 Å². The average Bonchev–Trinajstić information content (AvgIpc) is 2.43. The number of hydrogen-bond acceptors (Lipinski definition) is 1. The minimum Gasteiger partial charge on any atom is -0.320 e. The second-order valence-electron chi connectivity index (χ2n) is 7.22. The molecule has 20 heavy (non-hydrogen) atoms. The molecule has 0 heterocycles. The third-order valence-corrected chi connectivity index (χ3v) is 5.07. The van der Waals surface area contributed by atoms with Crippen molar-refractivity contribution in [2.24, 2.45) is 11.3 Å². The van der Waals surface area contributed by atoms with Crippen LogP contribution in [0.5, 0.6) is 0 Å². The Morgan fingerprint density at radius 3 is 2.15 bits per heavy atom. The molecule has 1 N–H and O–H groups in total. The van der Waals surface area contributed by atoms with Gasteiger partial charge in [-0.15, -0.1) is 0 Å². The van der Waals surface area contributed by atoms with Crippen molar-refractivity contribution in [2.45, 2.75) is 98.3 Å². The van der Waals surface area contributed by atoms with E-state index in [4.69, 9.17) is 0 Å². The molecule has 0 spiro atoms. The van der Waals surface area contributed by atoms with E-state index in [1.165, 1.54) is 77.2 Å². The SMILES string of the molecule is CCCC(C)CCCC(C)(CC)CCCCCCNC. The molecule has 0 fully saturated rings. The fraction of sp³-hybridized carbons (Fsp3) is 1.00. The van der Waals surface area contributed by atoms with E-state index >= 15 is 0 Å². The molecular weight excluding hydrogens is 242 g/mol. The standard InChI is InChI=1S/C19H41N/c1-6-13-18(3)14-12-16-19(4,7-2)15-10-8-9-11-17-20-5/h18,20H,6-17H2,1-5H3. The minimum absolute atomic E-state index is 0.606. The van der Waals surface area contributed by atoms with Gasteiger partial charge in [0, 0.05) is 0 Å². The zero-order valence-electron chi connectivity index (χ0n) is 15.1. The van der Waals surface area contributed by atoms with Gasteiger partial charge in [-0.25, -0.2) is 0 Å². The van der Waals surface area contributed by atoms with Gasteiger partial charge in [-0.3, -0.25) is 0 Å². The Morgan fingerprint density at radius 1 is 0.900 bits per heavy atom. The lowest BCUT2D eigenvalue weighted by molar-refractivity contribution is 0.235. The highest BCUT2D eigenvalue weighted by molar-refractivity contribution is 4.73. The van der Waals surface area contributed by atoms with Gasteiger partial charge in [0.15, 0.2) is 0 Å². The summed E-state index contributed by atoms with van der Waals surface area (Å²) in [5, 5.41) is 3.23. The first-order chi connectivity index (χ1) is 9.58. The Balaban J connectivity index is 3.72. The Morgan fingerprint density at radius 2 is 1.55 bits per heavy atom. The molecule has 0 aliphatic heterocycles. The zero-order chi connectivity index (χ0) is 15.3. The Labute approximate surface area is 129 Å². The first-order valence-electron chi connectivity index (χ1n) is 9.22. The van der Waals surface area contributed by atoms with E-state index < -0.39 is 0 Å². The smallest absolute Gasteiger partial charge is 0.00519 e. The lowest BCUT2D eigenvalue weighted by atomic mass is 9.77. The highest BCUT2D eigenvalue weighted by atomic mass is 14.8. The first kappa shape index (κ1) is 20.0. The van der Waals surface area contributed by atoms with Crippen molar-refractivity contribution in [3.05, 3.63) is 0 Å². The van der Waals surface area contributed by atoms with Crippen LogP contribution < -0.4 is 5.32 Å². The molecule has 1 nitrogen and oxygen atoms in total. The van der Waals surface area contributed by atoms with Crippen molar-refractivity contribution in [3.63, 3.8) is 0 Å². The van der Waals surface area contributed by atoms with Gasteiger partial charge in [0.1, 0.15) is 0 Å². The lowest BCUT2D eigenvalue weighted by Crippen LogP contribution is -2.15. The molecule has 0 radical (unpaired) electrons. The van der Waals surface area contributed by atoms with Crippen molar-refractivity contribution in [1.82, 2.24) is 5.32 Å². The number of rotatable bonds is 14. The summed E-state index contributed by atoms with van der Waals surface area (Å²) < 4.78 is 0. The normalized spacial score (nSPS) is 16.1. The molecule has 0 bridgehead atoms. The molecule has 122 valence electrons. The maximum absolute atomic E-state index is 3.23. The quantitative estimate of drug-likeness (QED) is 0.375. The van der Waals surface area contributed by atoms with Crippen LogP contribution in [0.3, 0.4) is 0 Å². The molecule has 0 aromatic heterocycles. The van der Waals surface area contributed by atoms with E-state index in [9.17, 15) is 0 Å². The predicted molar refractivity (Wildman–Crippen MR) is 93.3 cm³/mol. The second-order valence-corrected chi connectivity index (χ2v) is 7.22. The molecule has 2 unspecified atom stereocenters. The molecule has 0 amide bonds. The topological polar surface area (TPSA) is 12.0 Å². The zero-order valence-corrected chi connectivity index (χ0v) is 15.1. The summed E-state index contributed by atoms with van der Waals surface area (Å²) >= 11 is 0. The second kappa shape index (κ2) is 12.7. The summed E-state index contributed by atoms with van der Waals surface area (Å²) in [4.78, 5) is 0. The lowest BCUT2D eigenvalue weighted by Gasteiger charge is -2.29. The highest BCUT2D eigenvalue weighted by Gasteiger charge is 2.21. The van der Waals surface area contributed by atoms with Gasteiger partial charge in [-0.1, -0.05) is 79.1 Å². The molecule has 0 rings (SSSR count). The fourth-order valence-corrected chi connectivity index (χ4v) is 3.20. The van der Waals surface area contributed by atoms with Crippen molar-refractivity contribution in [2.75, 3.05) is 13.6 Å². The van der Waals surface area contributed by atoms with Gasteiger partial charge in [0.05, 0.1) is 0 Å². The van der Waals surface area contributed by atoms with E-state index in [-0.39, 0.29) is 0 Å². The molecule has 0 aliphatic rings. The summed E-state index contributed by atoms with van der Waals surface area (Å²) in [6.07, 6.45) is 15.4. The van der Waals surface area contributed by atoms with Crippen LogP contribution in [0, 0.1) is 11.3 Å². The van der Waals surface area contributed by atoms with Crippen molar-refractivity contribution in [3.8, 4) is 0 Å². The van der Waals surface area contributed by atoms with E-state index in [1.54, 1.807) is 0 Å². The van der Waals surface area contributed by atoms with Crippen LogP contribution >= 0.6 is 0 Å². The summed E-state index contributed by atoms with van der Waals surface area (Å²) in [6, 6.07) is 0. The van der Waals surface area contributed by atoms with E-state index in [2.05, 4.69) is 33.0 Å². The monoisotopic (exact) mass is 283 g/mol. The third kappa shape index (κ3) is 10.7. The Bertz CT molecular complexity index is 202. The van der Waals surface area contributed by atoms with Crippen molar-refractivity contribution >= 4 is 0 Å². The van der Waals surface area contributed by atoms with Gasteiger partial charge in [-0.2, -0.15) is 0 Å². The molecule has 2 atom stereocenters. The number of unbranched alkanes of at least 4 members (excludes halogenated alkanes) is 3. The summed E-state index contributed by atoms with van der Waals surface area (Å²) in [6.45, 7) is 10.8. The van der Waals surface area contributed by atoms with E-state index in [0.717, 1.165) is 5.92 Å². The minimum atomic E-state index is 0.606. The summed E-state index contributed by atoms with van der Waals surface area (Å²) in [7, 11) is 2.05. The molecule has 0 saturated carbocycles. The number of nitrogens with one attached hydrogen (secondary N) is 1. The Kier molecular flexibility index (Phi) is 12.7. The molecule has 0 aliphatic carbocycles. The molecule has 0 aromatic rings. The molecule has 1 heteroatoms. The predicted octanol–water partition coefficient (Wildman–Crippen LogP) is 6.18. The van der Waals surface area contributed by atoms with Crippen LogP contribution in [-0.2, 0) is 0 Å². The first-order valence-corrected chi connectivity index (χ1v) is 9.22. The number of hydrogen-bond donors (Lipinski definition) is 1. The molecular formula is C19H41N. The van der Waals surface area contributed by atoms with Gasteiger partial charge < -0.3 is 5.32 Å². The van der Waals surface area contributed by atoms with E-state index in [1.807, 2.05) is 7.05 Å².